The third-order valence-electron chi connectivity index (χ3n) is 4.26. The van der Waals surface area contributed by atoms with Crippen molar-refractivity contribution in [2.24, 2.45) is 0 Å². The van der Waals surface area contributed by atoms with Gasteiger partial charge in [-0.2, -0.15) is 0 Å². The SMILES string of the molecule is O=C(Nc1ccc(SCc2nc3ccccc3[nH]c2=O)cc1)c1ccc(F)cc1. The van der Waals surface area contributed by atoms with Crippen LogP contribution in [0.4, 0.5) is 10.1 Å². The highest BCUT2D eigenvalue weighted by Gasteiger charge is 2.08. The number of rotatable bonds is 5. The number of benzene rings is 3. The molecular formula is C22H16FN3O2S. The molecule has 1 aromatic heterocycles. The lowest BCUT2D eigenvalue weighted by atomic mass is 10.2. The van der Waals surface area contributed by atoms with Crippen molar-refractivity contribution in [3.8, 4) is 0 Å². The number of carbonyl (C=O) groups excluding carboxylic acids is 1. The maximum Gasteiger partial charge on any atom is 0.271 e. The Kier molecular flexibility index (Phi) is 5.39. The van der Waals surface area contributed by atoms with Gasteiger partial charge >= 0.3 is 0 Å². The van der Waals surface area contributed by atoms with Crippen LogP contribution in [0.15, 0.2) is 82.5 Å². The molecule has 0 radical (unpaired) electrons. The van der Waals surface area contributed by atoms with Crippen molar-refractivity contribution in [3.05, 3.63) is 100 Å². The van der Waals surface area contributed by atoms with E-state index >= 15 is 0 Å². The van der Waals surface area contributed by atoms with Gasteiger partial charge in [-0.15, -0.1) is 11.8 Å². The number of amides is 1. The summed E-state index contributed by atoms with van der Waals surface area (Å²) in [5.74, 6) is -0.262. The molecule has 5 nitrogen and oxygen atoms in total. The maximum atomic E-state index is 13.0. The molecule has 2 N–H and O–H groups in total. The summed E-state index contributed by atoms with van der Waals surface area (Å²) in [6.45, 7) is 0. The van der Waals surface area contributed by atoms with Crippen LogP contribution in [0, 0.1) is 5.82 Å². The average molecular weight is 405 g/mol. The molecule has 144 valence electrons. The van der Waals surface area contributed by atoms with Gasteiger partial charge in [0.1, 0.15) is 11.5 Å². The summed E-state index contributed by atoms with van der Waals surface area (Å²) in [6, 6.07) is 20.1. The number of H-pyrrole nitrogens is 1. The van der Waals surface area contributed by atoms with Crippen molar-refractivity contribution in [2.45, 2.75) is 10.6 Å². The van der Waals surface area contributed by atoms with E-state index in [1.54, 1.807) is 12.1 Å². The molecular weight excluding hydrogens is 389 g/mol. The quantitative estimate of drug-likeness (QED) is 0.476. The minimum atomic E-state index is -0.386. The highest BCUT2D eigenvalue weighted by atomic mass is 32.2. The Bertz CT molecular complexity index is 1220. The molecule has 29 heavy (non-hydrogen) atoms. The number of thioether (sulfide) groups is 1. The standard InChI is InChI=1S/C22H16FN3O2S/c23-15-7-5-14(6-8-15)21(27)24-16-9-11-17(12-10-16)29-13-20-22(28)26-19-4-2-1-3-18(19)25-20/h1-12H,13H2,(H,24,27)(H,26,28). The van der Waals surface area contributed by atoms with E-state index in [4.69, 9.17) is 0 Å². The first-order valence-electron chi connectivity index (χ1n) is 8.86. The smallest absolute Gasteiger partial charge is 0.271 e. The lowest BCUT2D eigenvalue weighted by Gasteiger charge is -2.07. The second-order valence-corrected chi connectivity index (χ2v) is 7.35. The molecule has 0 spiro atoms. The zero-order valence-corrected chi connectivity index (χ0v) is 16.0. The fourth-order valence-corrected chi connectivity index (χ4v) is 3.58. The Balaban J connectivity index is 1.41. The van der Waals surface area contributed by atoms with Crippen molar-refractivity contribution < 1.29 is 9.18 Å². The monoisotopic (exact) mass is 405 g/mol. The third-order valence-corrected chi connectivity index (χ3v) is 5.29. The molecule has 1 amide bonds. The number of nitrogens with zero attached hydrogens (tertiary/aromatic N) is 1. The van der Waals surface area contributed by atoms with Gasteiger partial charge < -0.3 is 10.3 Å². The maximum absolute atomic E-state index is 13.0. The highest BCUT2D eigenvalue weighted by molar-refractivity contribution is 7.98. The van der Waals surface area contributed by atoms with Gasteiger partial charge in [-0.1, -0.05) is 12.1 Å². The Hall–Kier alpha value is -3.45. The number of hydrogen-bond acceptors (Lipinski definition) is 4. The number of hydrogen-bond donors (Lipinski definition) is 2. The minimum Gasteiger partial charge on any atom is -0.322 e. The average Bonchev–Trinajstić information content (AvgIpc) is 2.73. The van der Waals surface area contributed by atoms with Crippen LogP contribution in [0.1, 0.15) is 16.1 Å². The number of aromatic nitrogens is 2. The number of aromatic amines is 1. The van der Waals surface area contributed by atoms with E-state index in [1.165, 1.54) is 36.0 Å². The number of anilines is 1. The molecule has 3 aromatic carbocycles. The first kappa shape index (κ1) is 18.9. The van der Waals surface area contributed by atoms with Crippen molar-refractivity contribution in [1.82, 2.24) is 9.97 Å². The molecule has 1 heterocycles. The number of halogens is 1. The predicted octanol–water partition coefficient (Wildman–Crippen LogP) is 4.61. The van der Waals surface area contributed by atoms with Crippen LogP contribution in [0.3, 0.4) is 0 Å². The van der Waals surface area contributed by atoms with Crippen molar-refractivity contribution in [2.75, 3.05) is 5.32 Å². The molecule has 0 aliphatic rings. The summed E-state index contributed by atoms with van der Waals surface area (Å²) in [4.78, 5) is 32.6. The van der Waals surface area contributed by atoms with E-state index in [2.05, 4.69) is 15.3 Å². The Labute approximate surface area is 170 Å². The molecule has 4 aromatic rings. The number of carbonyl (C=O) groups is 1. The first-order chi connectivity index (χ1) is 14.1. The Morgan fingerprint density at radius 1 is 1.00 bits per heavy atom. The number of fused-ring (bicyclic) bond motifs is 1. The summed E-state index contributed by atoms with van der Waals surface area (Å²) in [5, 5.41) is 2.77. The van der Waals surface area contributed by atoms with Crippen LogP contribution in [-0.2, 0) is 5.75 Å². The van der Waals surface area contributed by atoms with Gasteiger partial charge in [0.15, 0.2) is 0 Å². The van der Waals surface area contributed by atoms with E-state index in [0.29, 0.717) is 28.2 Å². The molecule has 0 unspecified atom stereocenters. The summed E-state index contributed by atoms with van der Waals surface area (Å²) in [7, 11) is 0. The molecule has 0 fully saturated rings. The van der Waals surface area contributed by atoms with Crippen molar-refractivity contribution in [1.29, 1.82) is 0 Å². The van der Waals surface area contributed by atoms with E-state index in [-0.39, 0.29) is 17.3 Å². The van der Waals surface area contributed by atoms with Crippen molar-refractivity contribution in [3.63, 3.8) is 0 Å². The molecule has 0 aliphatic carbocycles. The summed E-state index contributed by atoms with van der Waals surface area (Å²) in [5.41, 5.74) is 2.74. The summed E-state index contributed by atoms with van der Waals surface area (Å²) >= 11 is 1.48. The van der Waals surface area contributed by atoms with Gasteiger partial charge in [-0.3, -0.25) is 9.59 Å². The second kappa shape index (κ2) is 8.28. The number of nitrogens with one attached hydrogen (secondary N) is 2. The normalized spacial score (nSPS) is 10.8. The highest BCUT2D eigenvalue weighted by Crippen LogP contribution is 2.23. The first-order valence-corrected chi connectivity index (χ1v) is 9.85. The number of para-hydroxylation sites is 2. The van der Waals surface area contributed by atoms with Crippen LogP contribution in [0.25, 0.3) is 11.0 Å². The zero-order chi connectivity index (χ0) is 20.2. The van der Waals surface area contributed by atoms with Crippen molar-refractivity contribution >= 4 is 34.4 Å². The second-order valence-electron chi connectivity index (χ2n) is 6.30. The van der Waals surface area contributed by atoms with Crippen LogP contribution in [0.2, 0.25) is 0 Å². The van der Waals surface area contributed by atoms with Gasteiger partial charge in [0.2, 0.25) is 0 Å². The topological polar surface area (TPSA) is 74.8 Å². The lowest BCUT2D eigenvalue weighted by Crippen LogP contribution is -2.14. The largest absolute Gasteiger partial charge is 0.322 e. The fraction of sp³-hybridized carbons (Fsp3) is 0.0455. The summed E-state index contributed by atoms with van der Waals surface area (Å²) in [6.07, 6.45) is 0. The third kappa shape index (κ3) is 4.52. The zero-order valence-electron chi connectivity index (χ0n) is 15.2. The van der Waals surface area contributed by atoms with Crippen LogP contribution in [0.5, 0.6) is 0 Å². The predicted molar refractivity (Wildman–Crippen MR) is 113 cm³/mol. The minimum absolute atomic E-state index is 0.195. The molecule has 0 saturated carbocycles. The van der Waals surface area contributed by atoms with Gasteiger partial charge in [-0.05, 0) is 60.7 Å². The van der Waals surface area contributed by atoms with E-state index in [1.807, 2.05) is 36.4 Å². The molecule has 4 rings (SSSR count). The van der Waals surface area contributed by atoms with E-state index < -0.39 is 0 Å². The van der Waals surface area contributed by atoms with Crippen LogP contribution in [-0.4, -0.2) is 15.9 Å². The fourth-order valence-electron chi connectivity index (χ4n) is 2.76. The van der Waals surface area contributed by atoms with Crippen LogP contribution >= 0.6 is 11.8 Å². The van der Waals surface area contributed by atoms with E-state index in [0.717, 1.165) is 10.4 Å². The van der Waals surface area contributed by atoms with Crippen LogP contribution < -0.4 is 10.9 Å². The van der Waals surface area contributed by atoms with Gasteiger partial charge in [0.25, 0.3) is 11.5 Å². The molecule has 0 bridgehead atoms. The molecule has 7 heteroatoms. The Morgan fingerprint density at radius 2 is 1.72 bits per heavy atom. The Morgan fingerprint density at radius 3 is 2.48 bits per heavy atom. The molecule has 0 atom stereocenters. The summed E-state index contributed by atoms with van der Waals surface area (Å²) < 4.78 is 13.0. The van der Waals surface area contributed by atoms with Gasteiger partial charge in [-0.25, -0.2) is 9.37 Å². The molecule has 0 aliphatic heterocycles. The van der Waals surface area contributed by atoms with Gasteiger partial charge in [0, 0.05) is 21.9 Å². The lowest BCUT2D eigenvalue weighted by molar-refractivity contribution is 0.102. The van der Waals surface area contributed by atoms with Gasteiger partial charge in [0.05, 0.1) is 11.0 Å². The molecule has 0 saturated heterocycles. The van der Waals surface area contributed by atoms with E-state index in [9.17, 15) is 14.0 Å².